The topological polar surface area (TPSA) is 52.0 Å². The maximum absolute atomic E-state index is 6.10. The van der Waals surface area contributed by atoms with Crippen LogP contribution in [0.2, 0.25) is 0 Å². The third-order valence-corrected chi connectivity index (χ3v) is 3.47. The van der Waals surface area contributed by atoms with Gasteiger partial charge in [0.15, 0.2) is 0 Å². The molecule has 20 heavy (non-hydrogen) atoms. The second-order valence-electron chi connectivity index (χ2n) is 5.40. The molecule has 3 nitrogen and oxygen atoms in total. The Balaban J connectivity index is 2.05. The molecule has 2 rings (SSSR count). The Morgan fingerprint density at radius 3 is 2.05 bits per heavy atom. The van der Waals surface area contributed by atoms with Gasteiger partial charge in [-0.1, -0.05) is 67.9 Å². The molecule has 2 aromatic carbocycles. The van der Waals surface area contributed by atoms with Gasteiger partial charge in [0.2, 0.25) is 0 Å². The Hall–Kier alpha value is -1.68. The standard InChI is InChI=1S/C17H24N3/c1-2-3-13-20(18,19)14-15-9-11-17(12-10-15)16-7-5-4-6-8-16/h4-12H,2-3,13-14,18-19H2,1H3/q+1. The average molecular weight is 270 g/mol. The summed E-state index contributed by atoms with van der Waals surface area (Å²) < 4.78 is 0.0680. The van der Waals surface area contributed by atoms with Crippen molar-refractivity contribution in [1.29, 1.82) is 0 Å². The Morgan fingerprint density at radius 1 is 0.850 bits per heavy atom. The molecule has 0 aromatic heterocycles. The molecule has 4 N–H and O–H groups in total. The zero-order valence-electron chi connectivity index (χ0n) is 12.1. The molecule has 0 radical (unpaired) electrons. The van der Waals surface area contributed by atoms with Crippen LogP contribution < -0.4 is 11.7 Å². The summed E-state index contributed by atoms with van der Waals surface area (Å²) in [6.45, 7) is 3.61. The van der Waals surface area contributed by atoms with E-state index in [2.05, 4.69) is 55.5 Å². The largest absolute Gasteiger partial charge is 0.172 e. The normalized spacial score (nSPS) is 11.6. The Kier molecular flexibility index (Phi) is 4.90. The van der Waals surface area contributed by atoms with Gasteiger partial charge in [-0.05, 0) is 17.5 Å². The summed E-state index contributed by atoms with van der Waals surface area (Å²) in [6, 6.07) is 18.8. The van der Waals surface area contributed by atoms with Gasteiger partial charge in [-0.3, -0.25) is 0 Å². The van der Waals surface area contributed by atoms with E-state index in [4.69, 9.17) is 11.7 Å². The first-order chi connectivity index (χ1) is 9.61. The number of unbranched alkanes of at least 4 members (excludes halogenated alkanes) is 1. The van der Waals surface area contributed by atoms with Gasteiger partial charge in [-0.25, -0.2) is 0 Å². The molecular weight excluding hydrogens is 246 g/mol. The lowest BCUT2D eigenvalue weighted by molar-refractivity contribution is -0.964. The average Bonchev–Trinajstić information content (AvgIpc) is 2.46. The molecule has 106 valence electrons. The number of rotatable bonds is 6. The summed E-state index contributed by atoms with van der Waals surface area (Å²) >= 11 is 0. The Morgan fingerprint density at radius 2 is 1.45 bits per heavy atom. The van der Waals surface area contributed by atoms with E-state index in [1.54, 1.807) is 0 Å². The van der Waals surface area contributed by atoms with Gasteiger partial charge >= 0.3 is 0 Å². The van der Waals surface area contributed by atoms with Crippen molar-refractivity contribution in [3.63, 3.8) is 0 Å². The molecule has 2 aromatic rings. The minimum absolute atomic E-state index is 0.0680. The third-order valence-electron chi connectivity index (χ3n) is 3.47. The molecule has 0 fully saturated rings. The predicted molar refractivity (Wildman–Crippen MR) is 84.0 cm³/mol. The molecule has 0 heterocycles. The zero-order chi connectivity index (χ0) is 14.4. The summed E-state index contributed by atoms with van der Waals surface area (Å²) in [5, 5.41) is 0. The highest BCUT2D eigenvalue weighted by atomic mass is 15.7. The molecule has 0 bridgehead atoms. The van der Waals surface area contributed by atoms with Crippen molar-refractivity contribution in [3.8, 4) is 11.1 Å². The number of nitrogens with zero attached hydrogens (tertiary/aromatic N) is 1. The maximum atomic E-state index is 6.10. The summed E-state index contributed by atoms with van der Waals surface area (Å²) in [7, 11) is 0. The third kappa shape index (κ3) is 4.17. The van der Waals surface area contributed by atoms with E-state index in [1.807, 2.05) is 6.07 Å². The molecule has 3 heteroatoms. The van der Waals surface area contributed by atoms with Crippen LogP contribution in [0.4, 0.5) is 0 Å². The van der Waals surface area contributed by atoms with E-state index < -0.39 is 0 Å². The molecule has 0 aliphatic carbocycles. The second-order valence-corrected chi connectivity index (χ2v) is 5.40. The molecule has 0 unspecified atom stereocenters. The quantitative estimate of drug-likeness (QED) is 0.481. The van der Waals surface area contributed by atoms with Gasteiger partial charge in [0, 0.05) is 5.56 Å². The highest BCUT2D eigenvalue weighted by Gasteiger charge is 2.17. The van der Waals surface area contributed by atoms with Crippen molar-refractivity contribution in [2.24, 2.45) is 11.7 Å². The van der Waals surface area contributed by atoms with Crippen LogP contribution in [0.5, 0.6) is 0 Å². The van der Waals surface area contributed by atoms with Crippen molar-refractivity contribution >= 4 is 0 Å². The fourth-order valence-corrected chi connectivity index (χ4v) is 2.30. The van der Waals surface area contributed by atoms with Crippen LogP contribution in [-0.2, 0) is 6.54 Å². The van der Waals surface area contributed by atoms with Crippen LogP contribution >= 0.6 is 0 Å². The van der Waals surface area contributed by atoms with E-state index in [0.717, 1.165) is 19.4 Å². The first-order valence-electron chi connectivity index (χ1n) is 7.19. The summed E-state index contributed by atoms with van der Waals surface area (Å²) in [5.74, 6) is 12.2. The maximum Gasteiger partial charge on any atom is 0.140 e. The van der Waals surface area contributed by atoms with E-state index in [-0.39, 0.29) is 4.70 Å². The van der Waals surface area contributed by atoms with Crippen LogP contribution in [0.15, 0.2) is 54.6 Å². The fraction of sp³-hybridized carbons (Fsp3) is 0.294. The lowest BCUT2D eigenvalue weighted by atomic mass is 10.0. The fourth-order valence-electron chi connectivity index (χ4n) is 2.30. The van der Waals surface area contributed by atoms with E-state index in [9.17, 15) is 0 Å². The van der Waals surface area contributed by atoms with Crippen molar-refractivity contribution in [2.75, 3.05) is 6.54 Å². The summed E-state index contributed by atoms with van der Waals surface area (Å²) in [5.41, 5.74) is 3.62. The number of quaternary nitrogens is 1. The summed E-state index contributed by atoms with van der Waals surface area (Å²) in [6.07, 6.45) is 2.16. The smallest absolute Gasteiger partial charge is 0.140 e. The molecular formula is C17H24N3+. The van der Waals surface area contributed by atoms with Crippen LogP contribution in [0, 0.1) is 0 Å². The van der Waals surface area contributed by atoms with Crippen LogP contribution in [0.25, 0.3) is 11.1 Å². The number of nitrogens with two attached hydrogens (primary N) is 2. The van der Waals surface area contributed by atoms with E-state index in [1.165, 1.54) is 16.7 Å². The van der Waals surface area contributed by atoms with Gasteiger partial charge < -0.3 is 0 Å². The van der Waals surface area contributed by atoms with Crippen molar-refractivity contribution in [1.82, 2.24) is 0 Å². The van der Waals surface area contributed by atoms with E-state index >= 15 is 0 Å². The minimum Gasteiger partial charge on any atom is -0.172 e. The monoisotopic (exact) mass is 270 g/mol. The van der Waals surface area contributed by atoms with E-state index in [0.29, 0.717) is 6.54 Å². The molecule has 0 aliphatic heterocycles. The highest BCUT2D eigenvalue weighted by molar-refractivity contribution is 5.63. The van der Waals surface area contributed by atoms with Gasteiger partial charge in [0.1, 0.15) is 13.1 Å². The van der Waals surface area contributed by atoms with Crippen LogP contribution in [0.3, 0.4) is 0 Å². The molecule has 0 aliphatic rings. The van der Waals surface area contributed by atoms with Crippen molar-refractivity contribution in [3.05, 3.63) is 60.2 Å². The van der Waals surface area contributed by atoms with Crippen molar-refractivity contribution < 1.29 is 4.70 Å². The molecule has 0 saturated carbocycles. The Labute approximate surface area is 121 Å². The molecule has 0 saturated heterocycles. The number of hydrogen-bond donors (Lipinski definition) is 2. The van der Waals surface area contributed by atoms with Crippen molar-refractivity contribution in [2.45, 2.75) is 26.3 Å². The lowest BCUT2D eigenvalue weighted by Crippen LogP contribution is -2.59. The first kappa shape index (κ1) is 14.7. The lowest BCUT2D eigenvalue weighted by Gasteiger charge is -2.26. The zero-order valence-corrected chi connectivity index (χ0v) is 12.1. The highest BCUT2D eigenvalue weighted by Crippen LogP contribution is 2.19. The van der Waals surface area contributed by atoms with Gasteiger partial charge in [-0.2, -0.15) is 16.4 Å². The minimum atomic E-state index is 0.0680. The molecule has 0 spiro atoms. The molecule has 0 amide bonds. The first-order valence-corrected chi connectivity index (χ1v) is 7.19. The predicted octanol–water partition coefficient (Wildman–Crippen LogP) is 3.22. The Bertz CT molecular complexity index is 518. The van der Waals surface area contributed by atoms with Gasteiger partial charge in [-0.15, -0.1) is 0 Å². The molecule has 0 atom stereocenters. The number of benzene rings is 2. The van der Waals surface area contributed by atoms with Crippen LogP contribution in [0.1, 0.15) is 25.3 Å². The van der Waals surface area contributed by atoms with Gasteiger partial charge in [0.25, 0.3) is 0 Å². The SMILES string of the molecule is CCCC[N+](N)(N)Cc1ccc(-c2ccccc2)cc1. The van der Waals surface area contributed by atoms with Crippen LogP contribution in [-0.4, -0.2) is 11.2 Å². The van der Waals surface area contributed by atoms with Gasteiger partial charge in [0.05, 0.1) is 0 Å². The second kappa shape index (κ2) is 6.66. The number of hydrogen-bond acceptors (Lipinski definition) is 2. The summed E-state index contributed by atoms with van der Waals surface area (Å²) in [4.78, 5) is 0.